The van der Waals surface area contributed by atoms with Crippen LogP contribution in [0.5, 0.6) is 11.5 Å². The Labute approximate surface area is 177 Å². The van der Waals surface area contributed by atoms with Gasteiger partial charge in [0.05, 0.1) is 18.5 Å². The van der Waals surface area contributed by atoms with Gasteiger partial charge in [-0.15, -0.1) is 0 Å². The highest BCUT2D eigenvalue weighted by Crippen LogP contribution is 2.46. The summed E-state index contributed by atoms with van der Waals surface area (Å²) < 4.78 is 40.7. The fourth-order valence-electron chi connectivity index (χ4n) is 3.58. The van der Waals surface area contributed by atoms with E-state index in [4.69, 9.17) is 9.47 Å². The molecular formula is C22H22F2N4O3. The predicted molar refractivity (Wildman–Crippen MR) is 112 cm³/mol. The Balaban J connectivity index is 1.40. The average molecular weight is 428 g/mol. The number of ether oxygens (including phenoxy) is 2. The molecule has 0 saturated heterocycles. The SMILES string of the molecule is C[C@]1(CO)CN=C(Nc2cc(F)c(Oc3ccnc4[nH]cc(C5CC5)c34)c(F)c2)OC1. The van der Waals surface area contributed by atoms with Crippen LogP contribution in [-0.2, 0) is 4.74 Å². The molecule has 0 amide bonds. The summed E-state index contributed by atoms with van der Waals surface area (Å²) in [6.07, 6.45) is 5.57. The smallest absolute Gasteiger partial charge is 0.289 e. The van der Waals surface area contributed by atoms with Gasteiger partial charge in [0.25, 0.3) is 6.02 Å². The molecule has 1 aliphatic heterocycles. The van der Waals surface area contributed by atoms with E-state index in [0.29, 0.717) is 23.9 Å². The van der Waals surface area contributed by atoms with E-state index in [9.17, 15) is 13.9 Å². The molecule has 0 unspecified atom stereocenters. The molecule has 31 heavy (non-hydrogen) atoms. The monoisotopic (exact) mass is 428 g/mol. The standard InChI is InChI=1S/C22H22F2N4O3/c1-22(10-29)9-27-21(30-11-22)28-13-6-15(23)19(16(24)7-13)31-17-4-5-25-20-18(17)14(8-26-20)12-2-3-12/h4-8,12,29H,2-3,9-11H2,1H3,(H,25,26)(H,27,28)/t22-/m1/s1. The van der Waals surface area contributed by atoms with Crippen molar-refractivity contribution < 1.29 is 23.4 Å². The van der Waals surface area contributed by atoms with Crippen LogP contribution >= 0.6 is 0 Å². The molecule has 0 radical (unpaired) electrons. The number of anilines is 1. The third-order valence-corrected chi connectivity index (χ3v) is 5.59. The Bertz CT molecular complexity index is 1150. The summed E-state index contributed by atoms with van der Waals surface area (Å²) in [7, 11) is 0. The highest BCUT2D eigenvalue weighted by Gasteiger charge is 2.30. The molecule has 1 aromatic carbocycles. The molecule has 0 bridgehead atoms. The zero-order chi connectivity index (χ0) is 21.6. The molecule has 1 aliphatic carbocycles. The Hall–Kier alpha value is -3.20. The Morgan fingerprint density at radius 2 is 2.10 bits per heavy atom. The molecular weight excluding hydrogens is 406 g/mol. The van der Waals surface area contributed by atoms with Crippen LogP contribution in [0.2, 0.25) is 0 Å². The number of H-pyrrole nitrogens is 1. The van der Waals surface area contributed by atoms with Crippen LogP contribution in [0.3, 0.4) is 0 Å². The van der Waals surface area contributed by atoms with E-state index in [1.807, 2.05) is 13.1 Å². The minimum Gasteiger partial charge on any atom is -0.464 e. The summed E-state index contributed by atoms with van der Waals surface area (Å²) in [6, 6.07) is 4.01. The molecule has 9 heteroatoms. The minimum absolute atomic E-state index is 0.0645. The van der Waals surface area contributed by atoms with Crippen LogP contribution in [0, 0.1) is 17.0 Å². The molecule has 1 saturated carbocycles. The van der Waals surface area contributed by atoms with E-state index in [0.717, 1.165) is 35.9 Å². The molecule has 5 rings (SSSR count). The van der Waals surface area contributed by atoms with Crippen molar-refractivity contribution in [3.8, 4) is 11.5 Å². The topological polar surface area (TPSA) is 91.8 Å². The number of aliphatic hydroxyl groups excluding tert-OH is 1. The number of aliphatic hydroxyl groups is 1. The number of aromatic nitrogens is 2. The van der Waals surface area contributed by atoms with Crippen LogP contribution in [0.25, 0.3) is 11.0 Å². The van der Waals surface area contributed by atoms with Crippen molar-refractivity contribution in [3.05, 3.63) is 47.8 Å². The fourth-order valence-corrected chi connectivity index (χ4v) is 3.58. The van der Waals surface area contributed by atoms with Gasteiger partial charge in [0, 0.05) is 35.6 Å². The quantitative estimate of drug-likeness (QED) is 0.563. The Morgan fingerprint density at radius 3 is 2.74 bits per heavy atom. The summed E-state index contributed by atoms with van der Waals surface area (Å²) >= 11 is 0. The number of nitrogens with zero attached hydrogens (tertiary/aromatic N) is 2. The second-order valence-corrected chi connectivity index (χ2v) is 8.43. The summed E-state index contributed by atoms with van der Waals surface area (Å²) in [5.74, 6) is -1.42. The number of hydrogen-bond acceptors (Lipinski definition) is 6. The zero-order valence-corrected chi connectivity index (χ0v) is 16.9. The highest BCUT2D eigenvalue weighted by atomic mass is 19.1. The maximum atomic E-state index is 14.8. The van der Waals surface area contributed by atoms with Crippen molar-refractivity contribution in [1.82, 2.24) is 9.97 Å². The Kier molecular flexibility index (Phi) is 4.77. The van der Waals surface area contributed by atoms with Crippen LogP contribution < -0.4 is 10.1 Å². The van der Waals surface area contributed by atoms with Gasteiger partial charge in [0.2, 0.25) is 0 Å². The third kappa shape index (κ3) is 3.81. The lowest BCUT2D eigenvalue weighted by Crippen LogP contribution is -2.38. The average Bonchev–Trinajstić information content (AvgIpc) is 3.51. The minimum atomic E-state index is -0.854. The molecule has 3 heterocycles. The molecule has 2 aliphatic rings. The third-order valence-electron chi connectivity index (χ3n) is 5.59. The zero-order valence-electron chi connectivity index (χ0n) is 16.9. The number of aromatic amines is 1. The van der Waals surface area contributed by atoms with Gasteiger partial charge in [0.15, 0.2) is 17.4 Å². The second-order valence-electron chi connectivity index (χ2n) is 8.43. The number of fused-ring (bicyclic) bond motifs is 1. The lowest BCUT2D eigenvalue weighted by molar-refractivity contribution is 0.0706. The predicted octanol–water partition coefficient (Wildman–Crippen LogP) is 4.31. The first-order valence-electron chi connectivity index (χ1n) is 10.1. The van der Waals surface area contributed by atoms with Crippen LogP contribution in [0.15, 0.2) is 35.6 Å². The number of rotatable bonds is 5. The van der Waals surface area contributed by atoms with Crippen molar-refractivity contribution in [3.63, 3.8) is 0 Å². The first-order valence-corrected chi connectivity index (χ1v) is 10.1. The van der Waals surface area contributed by atoms with Gasteiger partial charge >= 0.3 is 0 Å². The van der Waals surface area contributed by atoms with Crippen molar-refractivity contribution in [2.45, 2.75) is 25.7 Å². The first kappa shape index (κ1) is 19.7. The second kappa shape index (κ2) is 7.49. The molecule has 3 aromatic rings. The Morgan fingerprint density at radius 1 is 1.32 bits per heavy atom. The normalized spacial score (nSPS) is 21.0. The van der Waals surface area contributed by atoms with E-state index in [2.05, 4.69) is 20.3 Å². The number of aliphatic imine (C=N–C) groups is 1. The largest absolute Gasteiger partial charge is 0.464 e. The molecule has 3 N–H and O–H groups in total. The number of nitrogens with one attached hydrogen (secondary N) is 2. The number of amidine groups is 1. The lowest BCUT2D eigenvalue weighted by Gasteiger charge is -2.30. The van der Waals surface area contributed by atoms with Crippen LogP contribution in [0.1, 0.15) is 31.2 Å². The van der Waals surface area contributed by atoms with Crippen molar-refractivity contribution >= 4 is 22.7 Å². The molecule has 7 nitrogen and oxygen atoms in total. The number of halogens is 2. The van der Waals surface area contributed by atoms with Gasteiger partial charge in [-0.25, -0.2) is 18.8 Å². The number of hydrogen-bond donors (Lipinski definition) is 3. The van der Waals surface area contributed by atoms with E-state index in [1.54, 1.807) is 6.07 Å². The summed E-state index contributed by atoms with van der Waals surface area (Å²) in [5.41, 5.74) is 1.36. The van der Waals surface area contributed by atoms with Crippen molar-refractivity contribution in [1.29, 1.82) is 0 Å². The summed E-state index contributed by atoms with van der Waals surface area (Å²) in [4.78, 5) is 11.6. The van der Waals surface area contributed by atoms with Gasteiger partial charge in [-0.3, -0.25) is 0 Å². The lowest BCUT2D eigenvalue weighted by atomic mass is 9.93. The van der Waals surface area contributed by atoms with Gasteiger partial charge < -0.3 is 24.9 Å². The maximum Gasteiger partial charge on any atom is 0.289 e. The summed E-state index contributed by atoms with van der Waals surface area (Å²) in [6.45, 7) is 2.37. The molecule has 1 atom stereocenters. The maximum absolute atomic E-state index is 14.8. The highest BCUT2D eigenvalue weighted by molar-refractivity contribution is 5.90. The van der Waals surface area contributed by atoms with Gasteiger partial charge in [-0.05, 0) is 30.4 Å². The van der Waals surface area contributed by atoms with Crippen LogP contribution in [0.4, 0.5) is 14.5 Å². The van der Waals surface area contributed by atoms with Gasteiger partial charge in [0.1, 0.15) is 18.0 Å². The summed E-state index contributed by atoms with van der Waals surface area (Å²) in [5, 5.41) is 12.9. The molecule has 162 valence electrons. The van der Waals surface area contributed by atoms with Crippen molar-refractivity contribution in [2.75, 3.05) is 25.1 Å². The van der Waals surface area contributed by atoms with Crippen LogP contribution in [-0.4, -0.2) is 40.9 Å². The molecule has 2 aromatic heterocycles. The first-order chi connectivity index (χ1) is 15.0. The van der Waals surface area contributed by atoms with E-state index in [-0.39, 0.29) is 24.9 Å². The molecule has 1 fully saturated rings. The van der Waals surface area contributed by atoms with Crippen molar-refractivity contribution in [2.24, 2.45) is 10.4 Å². The number of benzene rings is 1. The molecule has 0 spiro atoms. The van der Waals surface area contributed by atoms with Gasteiger partial charge in [-0.1, -0.05) is 6.92 Å². The van der Waals surface area contributed by atoms with E-state index in [1.165, 1.54) is 6.20 Å². The van der Waals surface area contributed by atoms with E-state index < -0.39 is 22.8 Å². The fraction of sp³-hybridized carbons (Fsp3) is 0.364. The number of pyridine rings is 1. The van der Waals surface area contributed by atoms with E-state index >= 15 is 0 Å². The van der Waals surface area contributed by atoms with Gasteiger partial charge in [-0.2, -0.15) is 0 Å².